The molecule has 2 aromatic carbocycles. The van der Waals surface area contributed by atoms with Crippen LogP contribution in [-0.2, 0) is 6.54 Å². The molecule has 21 heavy (non-hydrogen) atoms. The number of methoxy groups -OCH3 is 1. The Morgan fingerprint density at radius 2 is 1.95 bits per heavy atom. The molecule has 0 aromatic heterocycles. The zero-order valence-corrected chi connectivity index (χ0v) is 12.1. The highest BCUT2D eigenvalue weighted by Gasteiger charge is 2.08. The molecule has 0 amide bonds. The van der Waals surface area contributed by atoms with Crippen LogP contribution in [0.4, 0.5) is 5.69 Å². The maximum atomic E-state index is 10.6. The van der Waals surface area contributed by atoms with Crippen LogP contribution >= 0.6 is 0 Å². The zero-order chi connectivity index (χ0) is 15.2. The Morgan fingerprint density at radius 1 is 1.24 bits per heavy atom. The van der Waals surface area contributed by atoms with Crippen LogP contribution in [0.3, 0.4) is 0 Å². The van der Waals surface area contributed by atoms with Gasteiger partial charge in [-0.2, -0.15) is 0 Å². The van der Waals surface area contributed by atoms with Gasteiger partial charge in [0, 0.05) is 24.7 Å². The Kier molecular flexibility index (Phi) is 4.90. The first-order valence-electron chi connectivity index (χ1n) is 6.71. The van der Waals surface area contributed by atoms with Crippen LogP contribution in [-0.4, -0.2) is 12.0 Å². The Balaban J connectivity index is 1.97. The van der Waals surface area contributed by atoms with Crippen LogP contribution in [0.1, 0.15) is 24.1 Å². The summed E-state index contributed by atoms with van der Waals surface area (Å²) in [5.74, 6) is 0.831. The second kappa shape index (κ2) is 6.85. The lowest BCUT2D eigenvalue weighted by atomic mass is 10.1. The van der Waals surface area contributed by atoms with Crippen LogP contribution in [0, 0.1) is 10.1 Å². The first kappa shape index (κ1) is 15.0. The van der Waals surface area contributed by atoms with Crippen molar-refractivity contribution in [3.63, 3.8) is 0 Å². The summed E-state index contributed by atoms with van der Waals surface area (Å²) in [5, 5.41) is 14.0. The molecule has 0 aliphatic rings. The molecule has 0 saturated carbocycles. The molecule has 2 aromatic rings. The maximum absolute atomic E-state index is 10.6. The Morgan fingerprint density at radius 3 is 2.57 bits per heavy atom. The average molecular weight is 286 g/mol. The van der Waals surface area contributed by atoms with E-state index in [-0.39, 0.29) is 11.7 Å². The van der Waals surface area contributed by atoms with Crippen molar-refractivity contribution in [3.05, 3.63) is 69.8 Å². The molecule has 110 valence electrons. The highest BCUT2D eigenvalue weighted by atomic mass is 16.6. The van der Waals surface area contributed by atoms with Crippen molar-refractivity contribution in [2.75, 3.05) is 7.11 Å². The van der Waals surface area contributed by atoms with Crippen molar-refractivity contribution in [3.8, 4) is 5.75 Å². The van der Waals surface area contributed by atoms with E-state index in [2.05, 4.69) is 5.32 Å². The average Bonchev–Trinajstić information content (AvgIpc) is 2.53. The van der Waals surface area contributed by atoms with Crippen LogP contribution in [0.5, 0.6) is 5.75 Å². The summed E-state index contributed by atoms with van der Waals surface area (Å²) in [6.45, 7) is 2.73. The normalized spacial score (nSPS) is 11.9. The van der Waals surface area contributed by atoms with Gasteiger partial charge in [-0.3, -0.25) is 10.1 Å². The standard InChI is InChI=1S/C16H18N2O3/c1-12(14-6-8-15(9-7-14)18(19)20)17-11-13-4-3-5-16(10-13)21-2/h3-10,12,17H,11H2,1-2H3. The van der Waals surface area contributed by atoms with E-state index in [0.29, 0.717) is 6.54 Å². The van der Waals surface area contributed by atoms with E-state index in [1.54, 1.807) is 19.2 Å². The van der Waals surface area contributed by atoms with Crippen molar-refractivity contribution < 1.29 is 9.66 Å². The smallest absolute Gasteiger partial charge is 0.269 e. The van der Waals surface area contributed by atoms with E-state index in [4.69, 9.17) is 4.74 Å². The Labute approximate surface area is 123 Å². The highest BCUT2D eigenvalue weighted by molar-refractivity contribution is 5.34. The quantitative estimate of drug-likeness (QED) is 0.652. The van der Waals surface area contributed by atoms with Gasteiger partial charge < -0.3 is 10.1 Å². The van der Waals surface area contributed by atoms with E-state index < -0.39 is 4.92 Å². The number of benzene rings is 2. The fourth-order valence-corrected chi connectivity index (χ4v) is 2.06. The predicted molar refractivity (Wildman–Crippen MR) is 81.3 cm³/mol. The molecule has 0 saturated heterocycles. The van der Waals surface area contributed by atoms with Gasteiger partial charge in [-0.1, -0.05) is 24.3 Å². The van der Waals surface area contributed by atoms with E-state index in [1.165, 1.54) is 12.1 Å². The van der Waals surface area contributed by atoms with Crippen molar-refractivity contribution >= 4 is 5.69 Å². The number of rotatable bonds is 6. The lowest BCUT2D eigenvalue weighted by molar-refractivity contribution is -0.384. The molecule has 0 bridgehead atoms. The fraction of sp³-hybridized carbons (Fsp3) is 0.250. The molecular weight excluding hydrogens is 268 g/mol. The molecule has 0 aliphatic carbocycles. The third kappa shape index (κ3) is 4.03. The Bertz CT molecular complexity index is 611. The van der Waals surface area contributed by atoms with Gasteiger partial charge in [-0.05, 0) is 30.2 Å². The first-order chi connectivity index (χ1) is 10.1. The third-order valence-corrected chi connectivity index (χ3v) is 3.35. The first-order valence-corrected chi connectivity index (χ1v) is 6.71. The topological polar surface area (TPSA) is 64.4 Å². The summed E-state index contributed by atoms with van der Waals surface area (Å²) in [6.07, 6.45) is 0. The summed E-state index contributed by atoms with van der Waals surface area (Å²) in [6, 6.07) is 14.6. The predicted octanol–water partition coefficient (Wildman–Crippen LogP) is 3.45. The molecule has 1 N–H and O–H groups in total. The van der Waals surface area contributed by atoms with E-state index in [9.17, 15) is 10.1 Å². The number of nitrogens with zero attached hydrogens (tertiary/aromatic N) is 1. The van der Waals surface area contributed by atoms with Gasteiger partial charge in [0.25, 0.3) is 5.69 Å². The minimum absolute atomic E-state index is 0.108. The highest BCUT2D eigenvalue weighted by Crippen LogP contribution is 2.18. The number of ether oxygens (including phenoxy) is 1. The zero-order valence-electron chi connectivity index (χ0n) is 12.1. The van der Waals surface area contributed by atoms with Crippen molar-refractivity contribution in [2.45, 2.75) is 19.5 Å². The van der Waals surface area contributed by atoms with Crippen molar-refractivity contribution in [1.82, 2.24) is 5.32 Å². The number of non-ortho nitro benzene ring substituents is 1. The summed E-state index contributed by atoms with van der Waals surface area (Å²) < 4.78 is 5.19. The maximum Gasteiger partial charge on any atom is 0.269 e. The van der Waals surface area contributed by atoms with E-state index in [1.807, 2.05) is 31.2 Å². The van der Waals surface area contributed by atoms with E-state index in [0.717, 1.165) is 16.9 Å². The lowest BCUT2D eigenvalue weighted by Crippen LogP contribution is -2.18. The summed E-state index contributed by atoms with van der Waals surface area (Å²) >= 11 is 0. The monoisotopic (exact) mass is 286 g/mol. The van der Waals surface area contributed by atoms with Crippen LogP contribution < -0.4 is 10.1 Å². The largest absolute Gasteiger partial charge is 0.497 e. The summed E-state index contributed by atoms with van der Waals surface area (Å²) in [4.78, 5) is 10.2. The second-order valence-corrected chi connectivity index (χ2v) is 4.80. The SMILES string of the molecule is COc1cccc(CNC(C)c2ccc([N+](=O)[O-])cc2)c1. The molecule has 2 rings (SSSR count). The summed E-state index contributed by atoms with van der Waals surface area (Å²) in [5.41, 5.74) is 2.25. The molecule has 0 radical (unpaired) electrons. The number of nitro groups is 1. The van der Waals surface area contributed by atoms with Gasteiger partial charge in [0.1, 0.15) is 5.75 Å². The van der Waals surface area contributed by atoms with Gasteiger partial charge in [0.2, 0.25) is 0 Å². The Hall–Kier alpha value is -2.40. The van der Waals surface area contributed by atoms with Crippen molar-refractivity contribution in [2.24, 2.45) is 0 Å². The number of nitro benzene ring substituents is 1. The minimum Gasteiger partial charge on any atom is -0.497 e. The van der Waals surface area contributed by atoms with Gasteiger partial charge in [-0.15, -0.1) is 0 Å². The number of hydrogen-bond acceptors (Lipinski definition) is 4. The van der Waals surface area contributed by atoms with Crippen LogP contribution in [0.15, 0.2) is 48.5 Å². The van der Waals surface area contributed by atoms with Crippen LogP contribution in [0.25, 0.3) is 0 Å². The molecule has 1 atom stereocenters. The van der Waals surface area contributed by atoms with Crippen molar-refractivity contribution in [1.29, 1.82) is 0 Å². The van der Waals surface area contributed by atoms with E-state index >= 15 is 0 Å². The lowest BCUT2D eigenvalue weighted by Gasteiger charge is -2.14. The molecule has 0 spiro atoms. The third-order valence-electron chi connectivity index (χ3n) is 3.35. The molecular formula is C16H18N2O3. The number of nitrogens with one attached hydrogen (secondary N) is 1. The molecule has 0 fully saturated rings. The van der Waals surface area contributed by atoms with Gasteiger partial charge in [-0.25, -0.2) is 0 Å². The number of hydrogen-bond donors (Lipinski definition) is 1. The second-order valence-electron chi connectivity index (χ2n) is 4.80. The van der Waals surface area contributed by atoms with Gasteiger partial charge >= 0.3 is 0 Å². The summed E-state index contributed by atoms with van der Waals surface area (Å²) in [7, 11) is 1.64. The van der Waals surface area contributed by atoms with Gasteiger partial charge in [0.05, 0.1) is 12.0 Å². The minimum atomic E-state index is -0.391. The fourth-order valence-electron chi connectivity index (χ4n) is 2.06. The van der Waals surface area contributed by atoms with Crippen LogP contribution in [0.2, 0.25) is 0 Å². The van der Waals surface area contributed by atoms with Gasteiger partial charge in [0.15, 0.2) is 0 Å². The molecule has 5 heteroatoms. The molecule has 5 nitrogen and oxygen atoms in total. The molecule has 0 heterocycles. The molecule has 0 aliphatic heterocycles. The molecule has 1 unspecified atom stereocenters.